The molecule has 0 aliphatic heterocycles. The van der Waals surface area contributed by atoms with Gasteiger partial charge in [0.1, 0.15) is 5.82 Å². The standard InChI is InChI=1S/C17H18FN3O/c18-16-4-2-1-3-12(16)7-8-20-17(22)13-9-15(11-19-10-13)21-14-5-6-14/h1-4,9-11,14,21H,5-8H2,(H,20,22). The molecule has 22 heavy (non-hydrogen) atoms. The molecule has 1 saturated carbocycles. The average molecular weight is 299 g/mol. The molecule has 2 aromatic rings. The van der Waals surface area contributed by atoms with Crippen LogP contribution in [0.4, 0.5) is 10.1 Å². The fraction of sp³-hybridized carbons (Fsp3) is 0.294. The lowest BCUT2D eigenvalue weighted by molar-refractivity contribution is 0.0953. The number of nitrogens with one attached hydrogen (secondary N) is 2. The van der Waals surface area contributed by atoms with Crippen molar-refractivity contribution in [3.63, 3.8) is 0 Å². The van der Waals surface area contributed by atoms with E-state index in [-0.39, 0.29) is 11.7 Å². The van der Waals surface area contributed by atoms with E-state index < -0.39 is 0 Å². The molecule has 0 atom stereocenters. The molecule has 2 N–H and O–H groups in total. The van der Waals surface area contributed by atoms with Crippen molar-refractivity contribution >= 4 is 11.6 Å². The van der Waals surface area contributed by atoms with Gasteiger partial charge in [0, 0.05) is 25.0 Å². The van der Waals surface area contributed by atoms with Crippen molar-refractivity contribution in [2.75, 3.05) is 11.9 Å². The molecular formula is C17H18FN3O. The van der Waals surface area contributed by atoms with E-state index in [0.29, 0.717) is 30.1 Å². The van der Waals surface area contributed by atoms with E-state index >= 15 is 0 Å². The highest BCUT2D eigenvalue weighted by Gasteiger charge is 2.21. The summed E-state index contributed by atoms with van der Waals surface area (Å²) in [5, 5.41) is 6.11. The minimum atomic E-state index is -0.242. The summed E-state index contributed by atoms with van der Waals surface area (Å²) in [5.74, 6) is -0.433. The van der Waals surface area contributed by atoms with Crippen molar-refractivity contribution < 1.29 is 9.18 Å². The third-order valence-corrected chi connectivity index (χ3v) is 3.59. The van der Waals surface area contributed by atoms with Gasteiger partial charge >= 0.3 is 0 Å². The van der Waals surface area contributed by atoms with Crippen LogP contribution in [0.1, 0.15) is 28.8 Å². The minimum absolute atomic E-state index is 0.191. The first-order valence-corrected chi connectivity index (χ1v) is 7.45. The molecule has 1 aromatic carbocycles. The Balaban J connectivity index is 1.54. The van der Waals surface area contributed by atoms with E-state index in [1.165, 1.54) is 25.1 Å². The Bertz CT molecular complexity index is 670. The van der Waals surface area contributed by atoms with Crippen LogP contribution in [-0.4, -0.2) is 23.5 Å². The smallest absolute Gasteiger partial charge is 0.252 e. The lowest BCUT2D eigenvalue weighted by atomic mass is 10.1. The maximum atomic E-state index is 13.5. The van der Waals surface area contributed by atoms with Gasteiger partial charge in [-0.2, -0.15) is 0 Å². The second-order valence-electron chi connectivity index (χ2n) is 5.48. The molecule has 3 rings (SSSR count). The quantitative estimate of drug-likeness (QED) is 0.862. The van der Waals surface area contributed by atoms with Crippen molar-refractivity contribution in [3.8, 4) is 0 Å². The average Bonchev–Trinajstić information content (AvgIpc) is 3.33. The molecule has 1 aromatic heterocycles. The van der Waals surface area contributed by atoms with Gasteiger partial charge in [0.05, 0.1) is 11.3 Å². The van der Waals surface area contributed by atoms with Crippen molar-refractivity contribution in [1.29, 1.82) is 0 Å². The molecule has 0 radical (unpaired) electrons. The normalized spacial score (nSPS) is 13.7. The number of aromatic nitrogens is 1. The lowest BCUT2D eigenvalue weighted by Gasteiger charge is -2.08. The number of hydrogen-bond acceptors (Lipinski definition) is 3. The highest BCUT2D eigenvalue weighted by atomic mass is 19.1. The Morgan fingerprint density at radius 2 is 2.09 bits per heavy atom. The van der Waals surface area contributed by atoms with Crippen LogP contribution in [0, 0.1) is 5.82 Å². The van der Waals surface area contributed by atoms with Gasteiger partial charge in [-0.1, -0.05) is 18.2 Å². The van der Waals surface area contributed by atoms with Crippen LogP contribution in [0.15, 0.2) is 42.7 Å². The van der Waals surface area contributed by atoms with E-state index in [0.717, 1.165) is 5.69 Å². The highest BCUT2D eigenvalue weighted by Crippen LogP contribution is 2.24. The Labute approximate surface area is 128 Å². The predicted octanol–water partition coefficient (Wildman–Crippen LogP) is 2.77. The van der Waals surface area contributed by atoms with Gasteiger partial charge in [-0.25, -0.2) is 4.39 Å². The number of carbonyl (C=O) groups is 1. The number of carbonyl (C=O) groups excluding carboxylic acids is 1. The summed E-state index contributed by atoms with van der Waals surface area (Å²) < 4.78 is 13.5. The highest BCUT2D eigenvalue weighted by molar-refractivity contribution is 5.94. The number of pyridine rings is 1. The zero-order valence-electron chi connectivity index (χ0n) is 12.2. The van der Waals surface area contributed by atoms with Crippen LogP contribution in [0.25, 0.3) is 0 Å². The van der Waals surface area contributed by atoms with Crippen LogP contribution in [-0.2, 0) is 6.42 Å². The first kappa shape index (κ1) is 14.5. The zero-order chi connectivity index (χ0) is 15.4. The van der Waals surface area contributed by atoms with Gasteiger partial charge in [0.25, 0.3) is 5.91 Å². The van der Waals surface area contributed by atoms with Gasteiger partial charge < -0.3 is 10.6 Å². The Morgan fingerprint density at radius 3 is 2.86 bits per heavy atom. The zero-order valence-corrected chi connectivity index (χ0v) is 12.2. The van der Waals surface area contributed by atoms with Crippen molar-refractivity contribution in [3.05, 3.63) is 59.7 Å². The van der Waals surface area contributed by atoms with Gasteiger partial charge in [0.2, 0.25) is 0 Å². The second kappa shape index (κ2) is 6.56. The van der Waals surface area contributed by atoms with E-state index in [2.05, 4.69) is 15.6 Å². The molecule has 1 aliphatic rings. The van der Waals surface area contributed by atoms with E-state index in [9.17, 15) is 9.18 Å². The minimum Gasteiger partial charge on any atom is -0.381 e. The Morgan fingerprint density at radius 1 is 1.27 bits per heavy atom. The Kier molecular flexibility index (Phi) is 4.32. The molecule has 0 saturated heterocycles. The molecule has 0 unspecified atom stereocenters. The summed E-state index contributed by atoms with van der Waals surface area (Å²) >= 11 is 0. The fourth-order valence-corrected chi connectivity index (χ4v) is 2.22. The first-order valence-electron chi connectivity index (χ1n) is 7.45. The molecule has 5 heteroatoms. The molecule has 1 aliphatic carbocycles. The van der Waals surface area contributed by atoms with Crippen molar-refractivity contribution in [2.45, 2.75) is 25.3 Å². The third-order valence-electron chi connectivity index (χ3n) is 3.59. The number of hydrogen-bond donors (Lipinski definition) is 2. The summed E-state index contributed by atoms with van der Waals surface area (Å²) in [4.78, 5) is 16.2. The molecule has 114 valence electrons. The van der Waals surface area contributed by atoms with E-state index in [4.69, 9.17) is 0 Å². The maximum absolute atomic E-state index is 13.5. The topological polar surface area (TPSA) is 54.0 Å². The van der Waals surface area contributed by atoms with Crippen LogP contribution in [0.5, 0.6) is 0 Å². The summed E-state index contributed by atoms with van der Waals surface area (Å²) in [6.45, 7) is 0.389. The van der Waals surface area contributed by atoms with Crippen LogP contribution in [0.2, 0.25) is 0 Å². The van der Waals surface area contributed by atoms with Gasteiger partial charge in [-0.05, 0) is 37.0 Å². The first-order chi connectivity index (χ1) is 10.7. The number of nitrogens with zero attached hydrogens (tertiary/aromatic N) is 1. The molecule has 0 spiro atoms. The van der Waals surface area contributed by atoms with Crippen molar-refractivity contribution in [1.82, 2.24) is 10.3 Å². The monoisotopic (exact) mass is 299 g/mol. The summed E-state index contributed by atoms with van der Waals surface area (Å²) in [6.07, 6.45) is 6.05. The fourth-order valence-electron chi connectivity index (χ4n) is 2.22. The lowest BCUT2D eigenvalue weighted by Crippen LogP contribution is -2.26. The van der Waals surface area contributed by atoms with Gasteiger partial charge in [0.15, 0.2) is 0 Å². The molecule has 0 bridgehead atoms. The molecule has 1 amide bonds. The Hall–Kier alpha value is -2.43. The van der Waals surface area contributed by atoms with Crippen LogP contribution in [0.3, 0.4) is 0 Å². The largest absolute Gasteiger partial charge is 0.381 e. The van der Waals surface area contributed by atoms with Crippen LogP contribution < -0.4 is 10.6 Å². The SMILES string of the molecule is O=C(NCCc1ccccc1F)c1cncc(NC2CC2)c1. The van der Waals surface area contributed by atoms with E-state index in [1.54, 1.807) is 30.5 Å². The molecule has 1 fully saturated rings. The van der Waals surface area contributed by atoms with Gasteiger partial charge in [-0.3, -0.25) is 9.78 Å². The number of amides is 1. The number of anilines is 1. The van der Waals surface area contributed by atoms with E-state index in [1.807, 2.05) is 0 Å². The molecular weight excluding hydrogens is 281 g/mol. The second-order valence-corrected chi connectivity index (χ2v) is 5.48. The maximum Gasteiger partial charge on any atom is 0.252 e. The van der Waals surface area contributed by atoms with Crippen molar-refractivity contribution in [2.24, 2.45) is 0 Å². The number of benzene rings is 1. The summed E-state index contributed by atoms with van der Waals surface area (Å²) in [5.41, 5.74) is 1.98. The van der Waals surface area contributed by atoms with Crippen LogP contribution >= 0.6 is 0 Å². The summed E-state index contributed by atoms with van der Waals surface area (Å²) in [7, 11) is 0. The predicted molar refractivity (Wildman–Crippen MR) is 83.3 cm³/mol. The summed E-state index contributed by atoms with van der Waals surface area (Å²) in [6, 6.07) is 8.90. The van der Waals surface area contributed by atoms with Gasteiger partial charge in [-0.15, -0.1) is 0 Å². The molecule has 4 nitrogen and oxygen atoms in total. The number of rotatable bonds is 6. The number of halogens is 1. The molecule has 1 heterocycles. The third kappa shape index (κ3) is 3.81.